The average molecular weight is 339 g/mol. The first kappa shape index (κ1) is 16.4. The van der Waals surface area contributed by atoms with E-state index in [1.54, 1.807) is 41.2 Å². The minimum Gasteiger partial charge on any atom is -0.497 e. The molecule has 0 atom stereocenters. The van der Waals surface area contributed by atoms with Crippen LogP contribution < -0.4 is 14.8 Å². The molecule has 1 amide bonds. The maximum absolute atomic E-state index is 12.5. The van der Waals surface area contributed by atoms with Gasteiger partial charge >= 0.3 is 0 Å². The maximum Gasteiger partial charge on any atom is 0.257 e. The van der Waals surface area contributed by atoms with E-state index in [-0.39, 0.29) is 5.91 Å². The first-order valence-corrected chi connectivity index (χ1v) is 7.47. The van der Waals surface area contributed by atoms with Crippen molar-refractivity contribution in [3.8, 4) is 17.3 Å². The molecule has 1 aromatic carbocycles. The van der Waals surface area contributed by atoms with Crippen LogP contribution >= 0.6 is 0 Å². The molecule has 2 heterocycles. The Morgan fingerprint density at radius 2 is 1.76 bits per heavy atom. The Morgan fingerprint density at radius 1 is 1.04 bits per heavy atom. The second-order valence-electron chi connectivity index (χ2n) is 5.16. The number of amides is 1. The molecule has 0 aliphatic heterocycles. The Hall–Kier alpha value is -3.42. The fourth-order valence-electron chi connectivity index (χ4n) is 2.29. The molecule has 0 spiro atoms. The summed E-state index contributed by atoms with van der Waals surface area (Å²) in [7, 11) is 3.06. The molecule has 1 N–H and O–H groups in total. The van der Waals surface area contributed by atoms with Gasteiger partial charge in [0.1, 0.15) is 35.3 Å². The molecular weight excluding hydrogens is 322 g/mol. The third kappa shape index (κ3) is 3.57. The number of hydrogen-bond acceptors (Lipinski definition) is 6. The minimum absolute atomic E-state index is 0.329. The average Bonchev–Trinajstić information content (AvgIpc) is 3.07. The van der Waals surface area contributed by atoms with E-state index in [2.05, 4.69) is 20.3 Å². The van der Waals surface area contributed by atoms with Crippen LogP contribution in [0.1, 0.15) is 16.2 Å². The van der Waals surface area contributed by atoms with Crippen molar-refractivity contribution >= 4 is 11.7 Å². The zero-order valence-electron chi connectivity index (χ0n) is 14.1. The first-order chi connectivity index (χ1) is 12.1. The van der Waals surface area contributed by atoms with Gasteiger partial charge in [-0.15, -0.1) is 0 Å². The molecule has 0 saturated heterocycles. The molecule has 0 aliphatic rings. The molecule has 0 aliphatic carbocycles. The number of ether oxygens (including phenoxy) is 2. The number of nitrogens with one attached hydrogen (secondary N) is 1. The van der Waals surface area contributed by atoms with Gasteiger partial charge < -0.3 is 14.8 Å². The monoisotopic (exact) mass is 339 g/mol. The van der Waals surface area contributed by atoms with Crippen molar-refractivity contribution in [3.05, 3.63) is 54.4 Å². The number of methoxy groups -OCH3 is 2. The summed E-state index contributed by atoms with van der Waals surface area (Å²) in [5.41, 5.74) is 0.398. The number of benzene rings is 1. The highest BCUT2D eigenvalue weighted by molar-refractivity contribution is 6.04. The van der Waals surface area contributed by atoms with Crippen molar-refractivity contribution in [1.29, 1.82) is 0 Å². The highest BCUT2D eigenvalue weighted by atomic mass is 16.5. The number of anilines is 1. The van der Waals surface area contributed by atoms with Gasteiger partial charge in [-0.25, -0.2) is 15.0 Å². The summed E-state index contributed by atoms with van der Waals surface area (Å²) in [5.74, 6) is 2.51. The van der Waals surface area contributed by atoms with Crippen LogP contribution in [0.5, 0.6) is 11.5 Å². The van der Waals surface area contributed by atoms with E-state index in [0.29, 0.717) is 28.7 Å². The molecular formula is C17H17N5O3. The molecule has 8 heteroatoms. The molecule has 8 nitrogen and oxygen atoms in total. The van der Waals surface area contributed by atoms with Gasteiger partial charge in [-0.3, -0.25) is 9.36 Å². The zero-order chi connectivity index (χ0) is 17.8. The Balaban J connectivity index is 1.85. The summed E-state index contributed by atoms with van der Waals surface area (Å²) < 4.78 is 12.2. The van der Waals surface area contributed by atoms with Crippen LogP contribution in [0.3, 0.4) is 0 Å². The molecule has 3 aromatic rings. The molecule has 25 heavy (non-hydrogen) atoms. The van der Waals surface area contributed by atoms with Gasteiger partial charge in [0.05, 0.1) is 14.2 Å². The summed E-state index contributed by atoms with van der Waals surface area (Å²) >= 11 is 0. The minimum atomic E-state index is -0.329. The van der Waals surface area contributed by atoms with Gasteiger partial charge in [-0.2, -0.15) is 0 Å². The van der Waals surface area contributed by atoms with E-state index in [4.69, 9.17) is 9.47 Å². The molecule has 0 unspecified atom stereocenters. The van der Waals surface area contributed by atoms with Crippen molar-refractivity contribution in [2.24, 2.45) is 0 Å². The van der Waals surface area contributed by atoms with Gasteiger partial charge in [0, 0.05) is 30.1 Å². The van der Waals surface area contributed by atoms with E-state index in [0.717, 1.165) is 5.82 Å². The summed E-state index contributed by atoms with van der Waals surface area (Å²) in [6.07, 6.45) is 4.85. The van der Waals surface area contributed by atoms with Crippen LogP contribution in [-0.2, 0) is 0 Å². The third-order valence-corrected chi connectivity index (χ3v) is 3.58. The number of aryl methyl sites for hydroxylation is 1. The fourth-order valence-corrected chi connectivity index (χ4v) is 2.29. The smallest absolute Gasteiger partial charge is 0.257 e. The van der Waals surface area contributed by atoms with Crippen LogP contribution in [0.4, 0.5) is 5.82 Å². The van der Waals surface area contributed by atoms with Crippen molar-refractivity contribution in [1.82, 2.24) is 19.5 Å². The second kappa shape index (κ2) is 7.00. The Kier molecular flexibility index (Phi) is 4.60. The van der Waals surface area contributed by atoms with Crippen LogP contribution in [0.2, 0.25) is 0 Å². The lowest BCUT2D eigenvalue weighted by atomic mass is 10.2. The van der Waals surface area contributed by atoms with Crippen molar-refractivity contribution in [2.45, 2.75) is 6.92 Å². The van der Waals surface area contributed by atoms with Gasteiger partial charge in [0.2, 0.25) is 0 Å². The summed E-state index contributed by atoms with van der Waals surface area (Å²) in [4.78, 5) is 25.0. The number of imidazole rings is 1. The van der Waals surface area contributed by atoms with Crippen LogP contribution in [0.25, 0.3) is 5.82 Å². The van der Waals surface area contributed by atoms with Gasteiger partial charge in [0.15, 0.2) is 0 Å². The number of rotatable bonds is 5. The summed E-state index contributed by atoms with van der Waals surface area (Å²) in [6.45, 7) is 1.86. The predicted octanol–water partition coefficient (Wildman–Crippen LogP) is 2.24. The standard InChI is InChI=1S/C17H17N5O3/c1-11-18-4-5-22(11)16-9-15(19-10-20-16)21-17(23)12-6-13(24-2)8-14(7-12)25-3/h4-10H,1-3H3,(H,19,20,21,23). The summed E-state index contributed by atoms with van der Waals surface area (Å²) in [5, 5.41) is 2.75. The van der Waals surface area contributed by atoms with E-state index in [9.17, 15) is 4.79 Å². The van der Waals surface area contributed by atoms with Gasteiger partial charge in [0.25, 0.3) is 5.91 Å². The van der Waals surface area contributed by atoms with Crippen LogP contribution in [0.15, 0.2) is 43.0 Å². The SMILES string of the molecule is COc1cc(OC)cc(C(=O)Nc2cc(-n3ccnc3C)ncn2)c1. The zero-order valence-corrected chi connectivity index (χ0v) is 14.1. The van der Waals surface area contributed by atoms with E-state index in [1.165, 1.54) is 20.5 Å². The van der Waals surface area contributed by atoms with Crippen molar-refractivity contribution in [2.75, 3.05) is 19.5 Å². The van der Waals surface area contributed by atoms with Crippen LogP contribution in [-0.4, -0.2) is 39.6 Å². The predicted molar refractivity (Wildman–Crippen MR) is 91.4 cm³/mol. The molecule has 0 bridgehead atoms. The fraction of sp³-hybridized carbons (Fsp3) is 0.176. The quantitative estimate of drug-likeness (QED) is 0.766. The topological polar surface area (TPSA) is 91.2 Å². The highest BCUT2D eigenvalue weighted by Gasteiger charge is 2.12. The van der Waals surface area contributed by atoms with Crippen molar-refractivity contribution in [3.63, 3.8) is 0 Å². The Bertz CT molecular complexity index is 885. The molecule has 0 fully saturated rings. The van der Waals surface area contributed by atoms with Gasteiger partial charge in [-0.05, 0) is 19.1 Å². The van der Waals surface area contributed by atoms with E-state index >= 15 is 0 Å². The molecule has 3 rings (SSSR count). The van der Waals surface area contributed by atoms with E-state index in [1.807, 2.05) is 6.92 Å². The summed E-state index contributed by atoms with van der Waals surface area (Å²) in [6, 6.07) is 6.62. The second-order valence-corrected chi connectivity index (χ2v) is 5.16. The number of aromatic nitrogens is 4. The lowest BCUT2D eigenvalue weighted by molar-refractivity contribution is 0.102. The normalized spacial score (nSPS) is 10.4. The highest BCUT2D eigenvalue weighted by Crippen LogP contribution is 2.23. The number of carbonyl (C=O) groups excluding carboxylic acids is 1. The first-order valence-electron chi connectivity index (χ1n) is 7.47. The maximum atomic E-state index is 12.5. The molecule has 128 valence electrons. The van der Waals surface area contributed by atoms with E-state index < -0.39 is 0 Å². The number of carbonyl (C=O) groups is 1. The van der Waals surface area contributed by atoms with Crippen molar-refractivity contribution < 1.29 is 14.3 Å². The van der Waals surface area contributed by atoms with Crippen LogP contribution in [0, 0.1) is 6.92 Å². The molecule has 0 saturated carbocycles. The third-order valence-electron chi connectivity index (χ3n) is 3.58. The van der Waals surface area contributed by atoms with Gasteiger partial charge in [-0.1, -0.05) is 0 Å². The lowest BCUT2D eigenvalue weighted by Gasteiger charge is -2.10. The molecule has 2 aromatic heterocycles. The Labute approximate surface area is 144 Å². The molecule has 0 radical (unpaired) electrons. The number of hydrogen-bond donors (Lipinski definition) is 1. The largest absolute Gasteiger partial charge is 0.497 e. The lowest BCUT2D eigenvalue weighted by Crippen LogP contribution is -2.14. The number of nitrogens with zero attached hydrogens (tertiary/aromatic N) is 4. The Morgan fingerprint density at radius 3 is 2.36 bits per heavy atom.